The lowest BCUT2D eigenvalue weighted by Crippen LogP contribution is -2.50. The number of ether oxygens (including phenoxy) is 1. The Kier molecular flexibility index (Phi) is 6.27. The second kappa shape index (κ2) is 7.99. The number of nitrogens with one attached hydrogen (secondary N) is 1. The van der Waals surface area contributed by atoms with Gasteiger partial charge in [-0.05, 0) is 18.9 Å². The van der Waals surface area contributed by atoms with Gasteiger partial charge in [0.1, 0.15) is 5.75 Å². The number of nitrogens with zero attached hydrogens (tertiary/aromatic N) is 2. The summed E-state index contributed by atoms with van der Waals surface area (Å²) in [6.07, 6.45) is 2.31. The SMILES string of the molecule is COc1ccccc1C1CNCCN1CC(=O)N(C)C1CC1.Cl. The number of hydrogen-bond donors (Lipinski definition) is 1. The van der Waals surface area contributed by atoms with Crippen molar-refractivity contribution in [1.29, 1.82) is 0 Å². The molecule has 1 saturated heterocycles. The standard InChI is InChI=1S/C17H25N3O2.ClH/c1-19(13-7-8-13)17(21)12-20-10-9-18-11-15(20)14-5-3-4-6-16(14)22-2;/h3-6,13,15,18H,7-12H2,1-2H3;1H. The molecule has 1 heterocycles. The first kappa shape index (κ1) is 18.0. The first-order valence-electron chi connectivity index (χ1n) is 8.04. The number of carbonyl (C=O) groups excluding carboxylic acids is 1. The van der Waals surface area contributed by atoms with E-state index in [9.17, 15) is 4.79 Å². The highest BCUT2D eigenvalue weighted by atomic mass is 35.5. The van der Waals surface area contributed by atoms with Crippen LogP contribution >= 0.6 is 12.4 Å². The van der Waals surface area contributed by atoms with Gasteiger partial charge in [0.15, 0.2) is 0 Å². The predicted molar refractivity (Wildman–Crippen MR) is 93.2 cm³/mol. The van der Waals surface area contributed by atoms with Gasteiger partial charge in [0.2, 0.25) is 5.91 Å². The maximum atomic E-state index is 12.5. The minimum Gasteiger partial charge on any atom is -0.496 e. The van der Waals surface area contributed by atoms with Gasteiger partial charge in [0, 0.05) is 38.3 Å². The first-order valence-corrected chi connectivity index (χ1v) is 8.04. The summed E-state index contributed by atoms with van der Waals surface area (Å²) < 4.78 is 5.50. The topological polar surface area (TPSA) is 44.8 Å². The molecule has 1 N–H and O–H groups in total. The summed E-state index contributed by atoms with van der Waals surface area (Å²) in [6.45, 7) is 3.14. The minimum atomic E-state index is 0. The van der Waals surface area contributed by atoms with Gasteiger partial charge in [-0.1, -0.05) is 18.2 Å². The van der Waals surface area contributed by atoms with Crippen molar-refractivity contribution in [2.75, 3.05) is 40.3 Å². The summed E-state index contributed by atoms with van der Waals surface area (Å²) >= 11 is 0. The largest absolute Gasteiger partial charge is 0.496 e. The highest BCUT2D eigenvalue weighted by molar-refractivity contribution is 5.85. The molecule has 23 heavy (non-hydrogen) atoms. The molecule has 1 atom stereocenters. The molecule has 0 bridgehead atoms. The van der Waals surface area contributed by atoms with Crippen molar-refractivity contribution < 1.29 is 9.53 Å². The third-order valence-electron chi connectivity index (χ3n) is 4.68. The van der Waals surface area contributed by atoms with E-state index in [1.165, 1.54) is 0 Å². The van der Waals surface area contributed by atoms with Crippen molar-refractivity contribution in [2.24, 2.45) is 0 Å². The molecule has 1 amide bonds. The van der Waals surface area contributed by atoms with Crippen LogP contribution in [0.25, 0.3) is 0 Å². The van der Waals surface area contributed by atoms with Crippen LogP contribution in [0.5, 0.6) is 5.75 Å². The van der Waals surface area contributed by atoms with E-state index in [-0.39, 0.29) is 24.4 Å². The van der Waals surface area contributed by atoms with Gasteiger partial charge in [-0.25, -0.2) is 0 Å². The lowest BCUT2D eigenvalue weighted by Gasteiger charge is -2.37. The highest BCUT2D eigenvalue weighted by Gasteiger charge is 2.33. The van der Waals surface area contributed by atoms with Gasteiger partial charge in [0.25, 0.3) is 0 Å². The van der Waals surface area contributed by atoms with E-state index < -0.39 is 0 Å². The summed E-state index contributed by atoms with van der Waals surface area (Å²) in [5.41, 5.74) is 1.15. The molecule has 0 aromatic heterocycles. The fourth-order valence-electron chi connectivity index (χ4n) is 3.13. The molecule has 2 aliphatic rings. The van der Waals surface area contributed by atoms with Gasteiger partial charge in [0.05, 0.1) is 19.7 Å². The summed E-state index contributed by atoms with van der Waals surface area (Å²) in [5, 5.41) is 3.43. The van der Waals surface area contributed by atoms with Crippen molar-refractivity contribution in [3.63, 3.8) is 0 Å². The van der Waals surface area contributed by atoms with Gasteiger partial charge >= 0.3 is 0 Å². The molecule has 1 aromatic rings. The van der Waals surface area contributed by atoms with Crippen LogP contribution in [-0.2, 0) is 4.79 Å². The Morgan fingerprint density at radius 2 is 2.13 bits per heavy atom. The molecule has 128 valence electrons. The minimum absolute atomic E-state index is 0. The number of hydrogen-bond acceptors (Lipinski definition) is 4. The number of likely N-dealkylation sites (N-methyl/N-ethyl adjacent to an activating group) is 1. The molecule has 2 fully saturated rings. The molecule has 1 aromatic carbocycles. The van der Waals surface area contributed by atoms with Gasteiger partial charge in [-0.2, -0.15) is 0 Å². The van der Waals surface area contributed by atoms with Crippen LogP contribution < -0.4 is 10.1 Å². The number of carbonyl (C=O) groups is 1. The average molecular weight is 340 g/mol. The number of amides is 1. The quantitative estimate of drug-likeness (QED) is 0.886. The second-order valence-electron chi connectivity index (χ2n) is 6.17. The van der Waals surface area contributed by atoms with Crippen molar-refractivity contribution in [3.8, 4) is 5.75 Å². The summed E-state index contributed by atoms with van der Waals surface area (Å²) in [4.78, 5) is 16.6. The van der Waals surface area contributed by atoms with Gasteiger partial charge in [-0.3, -0.25) is 9.69 Å². The molecule has 1 unspecified atom stereocenters. The molecule has 1 aliphatic heterocycles. The zero-order valence-electron chi connectivity index (χ0n) is 13.8. The predicted octanol–water partition coefficient (Wildman–Crippen LogP) is 1.68. The Hall–Kier alpha value is -1.30. The third kappa shape index (κ3) is 4.16. The molecule has 5 nitrogen and oxygen atoms in total. The molecule has 6 heteroatoms. The first-order chi connectivity index (χ1) is 10.7. The van der Waals surface area contributed by atoms with Gasteiger partial charge in [-0.15, -0.1) is 12.4 Å². The average Bonchev–Trinajstić information content (AvgIpc) is 3.39. The molecule has 0 spiro atoms. The van der Waals surface area contributed by atoms with Crippen LogP contribution in [0, 0.1) is 0 Å². The lowest BCUT2D eigenvalue weighted by molar-refractivity contribution is -0.132. The van der Waals surface area contributed by atoms with Crippen LogP contribution in [0.1, 0.15) is 24.4 Å². The van der Waals surface area contributed by atoms with Gasteiger partial charge < -0.3 is 15.0 Å². The third-order valence-corrected chi connectivity index (χ3v) is 4.68. The Bertz CT molecular complexity index is 536. The number of piperazine rings is 1. The Balaban J connectivity index is 0.00000192. The maximum absolute atomic E-state index is 12.5. The summed E-state index contributed by atoms with van der Waals surface area (Å²) in [6, 6.07) is 8.75. The Morgan fingerprint density at radius 3 is 2.83 bits per heavy atom. The van der Waals surface area contributed by atoms with E-state index in [1.54, 1.807) is 7.11 Å². The molecular formula is C17H26ClN3O2. The number of methoxy groups -OCH3 is 1. The lowest BCUT2D eigenvalue weighted by atomic mass is 10.0. The summed E-state index contributed by atoms with van der Waals surface area (Å²) in [7, 11) is 3.63. The Morgan fingerprint density at radius 1 is 1.39 bits per heavy atom. The Labute approximate surface area is 144 Å². The van der Waals surface area contributed by atoms with Crippen LogP contribution in [0.15, 0.2) is 24.3 Å². The van der Waals surface area contributed by atoms with Crippen molar-refractivity contribution in [2.45, 2.75) is 24.9 Å². The van der Waals surface area contributed by atoms with Crippen LogP contribution in [0.3, 0.4) is 0 Å². The van der Waals surface area contributed by atoms with E-state index in [0.29, 0.717) is 12.6 Å². The maximum Gasteiger partial charge on any atom is 0.236 e. The van der Waals surface area contributed by atoms with E-state index in [4.69, 9.17) is 4.74 Å². The second-order valence-corrected chi connectivity index (χ2v) is 6.17. The fourth-order valence-corrected chi connectivity index (χ4v) is 3.13. The van der Waals surface area contributed by atoms with Crippen molar-refractivity contribution in [1.82, 2.24) is 15.1 Å². The number of para-hydroxylation sites is 1. The molecule has 1 saturated carbocycles. The van der Waals surface area contributed by atoms with E-state index in [0.717, 1.165) is 43.8 Å². The fraction of sp³-hybridized carbons (Fsp3) is 0.588. The van der Waals surface area contributed by atoms with E-state index in [1.807, 2.05) is 30.1 Å². The highest BCUT2D eigenvalue weighted by Crippen LogP contribution is 2.31. The number of benzene rings is 1. The van der Waals surface area contributed by atoms with E-state index in [2.05, 4.69) is 16.3 Å². The zero-order valence-corrected chi connectivity index (χ0v) is 14.6. The zero-order chi connectivity index (χ0) is 15.5. The van der Waals surface area contributed by atoms with Crippen LogP contribution in [0.4, 0.5) is 0 Å². The molecular weight excluding hydrogens is 314 g/mol. The van der Waals surface area contributed by atoms with E-state index >= 15 is 0 Å². The summed E-state index contributed by atoms with van der Waals surface area (Å²) in [5.74, 6) is 1.12. The van der Waals surface area contributed by atoms with Crippen molar-refractivity contribution >= 4 is 18.3 Å². The normalized spacial score (nSPS) is 21.4. The molecule has 0 radical (unpaired) electrons. The number of halogens is 1. The number of rotatable bonds is 5. The smallest absolute Gasteiger partial charge is 0.236 e. The van der Waals surface area contributed by atoms with Crippen molar-refractivity contribution in [3.05, 3.63) is 29.8 Å². The molecule has 3 rings (SSSR count). The van der Waals surface area contributed by atoms with Crippen LogP contribution in [-0.4, -0.2) is 62.1 Å². The monoisotopic (exact) mass is 339 g/mol. The van der Waals surface area contributed by atoms with Crippen LogP contribution in [0.2, 0.25) is 0 Å². The molecule has 1 aliphatic carbocycles.